The minimum absolute atomic E-state index is 0.115. The first-order valence-corrected chi connectivity index (χ1v) is 9.21. The van der Waals surface area contributed by atoms with Crippen LogP contribution in [0.1, 0.15) is 46.0 Å². The highest BCUT2D eigenvalue weighted by atomic mass is 16.2. The van der Waals surface area contributed by atoms with E-state index in [4.69, 9.17) is 4.98 Å². The van der Waals surface area contributed by atoms with E-state index in [-0.39, 0.29) is 17.3 Å². The lowest BCUT2D eigenvalue weighted by Gasteiger charge is -2.32. The van der Waals surface area contributed by atoms with Gasteiger partial charge in [0.2, 0.25) is 0 Å². The zero-order valence-electron chi connectivity index (χ0n) is 16.2. The van der Waals surface area contributed by atoms with Crippen molar-refractivity contribution in [1.82, 2.24) is 18.7 Å². The van der Waals surface area contributed by atoms with Crippen LogP contribution >= 0.6 is 0 Å². The lowest BCUT2D eigenvalue weighted by molar-refractivity contribution is -0.926. The van der Waals surface area contributed by atoms with Crippen molar-refractivity contribution < 1.29 is 4.90 Å². The molecule has 0 unspecified atom stereocenters. The summed E-state index contributed by atoms with van der Waals surface area (Å²) >= 11 is 0. The monoisotopic (exact) mass is 348 g/mol. The van der Waals surface area contributed by atoms with E-state index < -0.39 is 0 Å². The minimum atomic E-state index is -0.329. The van der Waals surface area contributed by atoms with Gasteiger partial charge >= 0.3 is 5.69 Å². The molecule has 0 aliphatic carbocycles. The Morgan fingerprint density at radius 3 is 2.28 bits per heavy atom. The standard InChI is InChI=1S/C18H29N5O2/c1-11(2)23-14(10-22-8-12(3)7-13(4)9-22)19-16-15(23)17(24)21(6)18(25)20(16)5/h11-13H,7-10H2,1-6H3/p+1/t12-,13-/m0/s1. The number of imidazole rings is 1. The summed E-state index contributed by atoms with van der Waals surface area (Å²) in [6.07, 6.45) is 1.28. The van der Waals surface area contributed by atoms with Crippen molar-refractivity contribution in [3.63, 3.8) is 0 Å². The molecule has 0 saturated carbocycles. The van der Waals surface area contributed by atoms with Crippen molar-refractivity contribution in [2.24, 2.45) is 25.9 Å². The fourth-order valence-electron chi connectivity index (χ4n) is 4.43. The molecular formula is C18H30N5O2+. The summed E-state index contributed by atoms with van der Waals surface area (Å²) in [5.74, 6) is 2.31. The third-order valence-electron chi connectivity index (χ3n) is 5.37. The summed E-state index contributed by atoms with van der Waals surface area (Å²) in [6, 6.07) is 0.115. The maximum atomic E-state index is 12.7. The van der Waals surface area contributed by atoms with Gasteiger partial charge in [-0.2, -0.15) is 0 Å². The molecule has 0 aromatic carbocycles. The number of piperidine rings is 1. The number of nitrogens with zero attached hydrogens (tertiary/aromatic N) is 4. The Kier molecular flexibility index (Phi) is 4.62. The van der Waals surface area contributed by atoms with Gasteiger partial charge in [0.25, 0.3) is 5.56 Å². The van der Waals surface area contributed by atoms with E-state index in [1.165, 1.54) is 27.5 Å². The first kappa shape index (κ1) is 17.9. The molecule has 1 aliphatic heterocycles. The predicted molar refractivity (Wildman–Crippen MR) is 97.9 cm³/mol. The SMILES string of the molecule is CC(C)n1c(C[NH+]2C[C@@H](C)C[C@H](C)C2)nc2c1c(=O)n(C)c(=O)n2C. The van der Waals surface area contributed by atoms with Crippen LogP contribution in [0.4, 0.5) is 0 Å². The van der Waals surface area contributed by atoms with Crippen LogP contribution in [0.3, 0.4) is 0 Å². The Hall–Kier alpha value is -1.89. The van der Waals surface area contributed by atoms with Crippen molar-refractivity contribution in [3.8, 4) is 0 Å². The Morgan fingerprint density at radius 1 is 1.12 bits per heavy atom. The number of fused-ring (bicyclic) bond motifs is 1. The fourth-order valence-corrected chi connectivity index (χ4v) is 4.43. The molecule has 7 heteroatoms. The number of hydrogen-bond donors (Lipinski definition) is 1. The summed E-state index contributed by atoms with van der Waals surface area (Å²) in [6.45, 7) is 11.8. The molecule has 1 saturated heterocycles. The average molecular weight is 348 g/mol. The molecule has 1 aliphatic rings. The number of nitrogens with one attached hydrogen (secondary N) is 1. The largest absolute Gasteiger partial charge is 0.332 e. The van der Waals surface area contributed by atoms with Crippen LogP contribution in [-0.2, 0) is 20.6 Å². The van der Waals surface area contributed by atoms with Crippen molar-refractivity contribution >= 4 is 11.2 Å². The van der Waals surface area contributed by atoms with Crippen LogP contribution in [0.2, 0.25) is 0 Å². The second kappa shape index (κ2) is 6.44. The van der Waals surface area contributed by atoms with Crippen molar-refractivity contribution in [2.75, 3.05) is 13.1 Å². The molecule has 0 radical (unpaired) electrons. The third-order valence-corrected chi connectivity index (χ3v) is 5.37. The van der Waals surface area contributed by atoms with Gasteiger partial charge in [-0.1, -0.05) is 13.8 Å². The summed E-state index contributed by atoms with van der Waals surface area (Å²) in [5, 5.41) is 0. The fraction of sp³-hybridized carbons (Fsp3) is 0.722. The van der Waals surface area contributed by atoms with Crippen molar-refractivity contribution in [3.05, 3.63) is 26.7 Å². The van der Waals surface area contributed by atoms with Crippen LogP contribution in [0.25, 0.3) is 11.2 Å². The molecule has 0 amide bonds. The average Bonchev–Trinajstić information content (AvgIpc) is 2.89. The lowest BCUT2D eigenvalue weighted by Crippen LogP contribution is -3.13. The Morgan fingerprint density at radius 2 is 1.72 bits per heavy atom. The molecule has 25 heavy (non-hydrogen) atoms. The lowest BCUT2D eigenvalue weighted by atomic mass is 9.92. The topological polar surface area (TPSA) is 66.3 Å². The van der Waals surface area contributed by atoms with E-state index in [1.54, 1.807) is 7.05 Å². The van der Waals surface area contributed by atoms with Gasteiger partial charge < -0.3 is 9.47 Å². The van der Waals surface area contributed by atoms with Gasteiger partial charge in [-0.3, -0.25) is 13.9 Å². The first-order chi connectivity index (χ1) is 11.7. The smallest absolute Gasteiger partial charge is 0.328 e. The third kappa shape index (κ3) is 3.05. The van der Waals surface area contributed by atoms with Crippen LogP contribution in [0.15, 0.2) is 9.59 Å². The molecule has 0 spiro atoms. The highest BCUT2D eigenvalue weighted by Gasteiger charge is 2.28. The maximum absolute atomic E-state index is 12.7. The number of aryl methyl sites for hydroxylation is 1. The number of quaternary nitrogens is 1. The summed E-state index contributed by atoms with van der Waals surface area (Å²) in [4.78, 5) is 31.2. The zero-order valence-corrected chi connectivity index (χ0v) is 16.2. The quantitative estimate of drug-likeness (QED) is 0.854. The minimum Gasteiger partial charge on any atom is -0.328 e. The van der Waals surface area contributed by atoms with Crippen LogP contribution < -0.4 is 16.1 Å². The Bertz CT molecular complexity index is 895. The molecule has 138 valence electrons. The molecule has 2 aromatic heterocycles. The van der Waals surface area contributed by atoms with Gasteiger partial charge in [0, 0.05) is 32.0 Å². The van der Waals surface area contributed by atoms with Gasteiger partial charge in [-0.25, -0.2) is 9.78 Å². The molecule has 7 nitrogen and oxygen atoms in total. The van der Waals surface area contributed by atoms with E-state index >= 15 is 0 Å². The molecule has 0 bridgehead atoms. The van der Waals surface area contributed by atoms with Gasteiger partial charge in [-0.05, 0) is 20.3 Å². The number of rotatable bonds is 3. The summed E-state index contributed by atoms with van der Waals surface area (Å²) < 4.78 is 4.68. The Balaban J connectivity index is 2.14. The summed E-state index contributed by atoms with van der Waals surface area (Å²) in [5.41, 5.74) is 0.437. The zero-order chi connectivity index (χ0) is 18.5. The second-order valence-electron chi connectivity index (χ2n) is 8.15. The van der Waals surface area contributed by atoms with Gasteiger partial charge in [0.05, 0.1) is 13.1 Å². The van der Waals surface area contributed by atoms with E-state index in [9.17, 15) is 9.59 Å². The predicted octanol–water partition coefficient (Wildman–Crippen LogP) is 0.0754. The molecule has 3 rings (SSSR count). The molecule has 2 aromatic rings. The van der Waals surface area contributed by atoms with E-state index in [0.29, 0.717) is 23.0 Å². The molecule has 2 atom stereocenters. The van der Waals surface area contributed by atoms with E-state index in [0.717, 1.165) is 25.5 Å². The molecular weight excluding hydrogens is 318 g/mol. The number of aromatic nitrogens is 4. The van der Waals surface area contributed by atoms with Crippen molar-refractivity contribution in [2.45, 2.75) is 46.7 Å². The second-order valence-corrected chi connectivity index (χ2v) is 8.15. The van der Waals surface area contributed by atoms with E-state index in [2.05, 4.69) is 27.7 Å². The maximum Gasteiger partial charge on any atom is 0.332 e. The van der Waals surface area contributed by atoms with Gasteiger partial charge in [-0.15, -0.1) is 0 Å². The van der Waals surface area contributed by atoms with Crippen LogP contribution in [0.5, 0.6) is 0 Å². The van der Waals surface area contributed by atoms with E-state index in [1.807, 2.05) is 4.57 Å². The summed E-state index contributed by atoms with van der Waals surface area (Å²) in [7, 11) is 3.21. The molecule has 1 N–H and O–H groups in total. The van der Waals surface area contributed by atoms with Gasteiger partial charge in [0.15, 0.2) is 17.0 Å². The highest BCUT2D eigenvalue weighted by molar-refractivity contribution is 5.71. The van der Waals surface area contributed by atoms with Crippen LogP contribution in [0, 0.1) is 11.8 Å². The Labute approximate surface area is 147 Å². The first-order valence-electron chi connectivity index (χ1n) is 9.21. The number of likely N-dealkylation sites (tertiary alicyclic amines) is 1. The van der Waals surface area contributed by atoms with Crippen molar-refractivity contribution in [1.29, 1.82) is 0 Å². The number of hydrogen-bond acceptors (Lipinski definition) is 3. The molecule has 3 heterocycles. The molecule has 1 fully saturated rings. The highest BCUT2D eigenvalue weighted by Crippen LogP contribution is 2.18. The van der Waals surface area contributed by atoms with Crippen LogP contribution in [-0.4, -0.2) is 31.8 Å². The normalized spacial score (nSPS) is 24.4. The van der Waals surface area contributed by atoms with Gasteiger partial charge in [0.1, 0.15) is 6.54 Å².